The van der Waals surface area contributed by atoms with E-state index in [2.05, 4.69) is 17.0 Å². The molecule has 3 unspecified atom stereocenters. The lowest BCUT2D eigenvalue weighted by molar-refractivity contribution is -0.192. The Morgan fingerprint density at radius 3 is 2.68 bits per heavy atom. The van der Waals surface area contributed by atoms with Crippen molar-refractivity contribution < 1.29 is 42.0 Å². The lowest BCUT2D eigenvalue weighted by atomic mass is 10.1. The van der Waals surface area contributed by atoms with E-state index in [1.54, 1.807) is 7.11 Å². The molecule has 1 saturated carbocycles. The normalized spacial score (nSPS) is 26.4. The number of hydrogen-bond donors (Lipinski definition) is 1. The van der Waals surface area contributed by atoms with E-state index in [9.17, 15) is 13.2 Å². The monoisotopic (exact) mass is 405 g/mol. The van der Waals surface area contributed by atoms with E-state index in [0.29, 0.717) is 12.8 Å². The molecule has 10 heteroatoms. The molecule has 2 heterocycles. The van der Waals surface area contributed by atoms with Gasteiger partial charge in [-0.05, 0) is 30.5 Å². The number of carboxylic acid groups (broad SMARTS) is 1. The summed E-state index contributed by atoms with van der Waals surface area (Å²) < 4.78 is 54.2. The molecule has 1 N–H and O–H groups in total. The van der Waals surface area contributed by atoms with Crippen molar-refractivity contribution in [3.8, 4) is 11.5 Å². The van der Waals surface area contributed by atoms with E-state index in [-0.39, 0.29) is 12.2 Å². The Bertz CT molecular complexity index is 698. The summed E-state index contributed by atoms with van der Waals surface area (Å²) in [5, 5.41) is 7.12. The molecule has 4 rings (SSSR count). The highest BCUT2D eigenvalue weighted by Gasteiger charge is 2.42. The lowest BCUT2D eigenvalue weighted by Crippen LogP contribution is -2.42. The SMILES string of the molecule is COC1C2CCC1N(Cc1ccc3c(c1)OCO3)CCO2.O=C(O)C(F)(F)F. The molecule has 0 radical (unpaired) electrons. The van der Waals surface area contributed by atoms with Crippen LogP contribution in [0.15, 0.2) is 18.2 Å². The van der Waals surface area contributed by atoms with Crippen molar-refractivity contribution >= 4 is 5.97 Å². The summed E-state index contributed by atoms with van der Waals surface area (Å²) in [5.74, 6) is -1.06. The van der Waals surface area contributed by atoms with Gasteiger partial charge in [0.1, 0.15) is 0 Å². The van der Waals surface area contributed by atoms with Crippen LogP contribution in [-0.4, -0.2) is 67.5 Å². The largest absolute Gasteiger partial charge is 0.490 e. The van der Waals surface area contributed by atoms with E-state index >= 15 is 0 Å². The molecule has 2 bridgehead atoms. The summed E-state index contributed by atoms with van der Waals surface area (Å²) in [6.45, 7) is 2.96. The van der Waals surface area contributed by atoms with Crippen molar-refractivity contribution in [3.63, 3.8) is 0 Å². The Morgan fingerprint density at radius 1 is 1.29 bits per heavy atom. The highest BCUT2D eigenvalue weighted by Crippen LogP contribution is 2.35. The number of hydrogen-bond acceptors (Lipinski definition) is 6. The van der Waals surface area contributed by atoms with Gasteiger partial charge in [-0.3, -0.25) is 4.90 Å². The number of halogens is 3. The molecular weight excluding hydrogens is 383 g/mol. The fourth-order valence-corrected chi connectivity index (χ4v) is 3.75. The van der Waals surface area contributed by atoms with Gasteiger partial charge in [-0.1, -0.05) is 6.07 Å². The predicted octanol–water partition coefficient (Wildman–Crippen LogP) is 2.43. The van der Waals surface area contributed by atoms with Gasteiger partial charge in [-0.25, -0.2) is 4.79 Å². The van der Waals surface area contributed by atoms with E-state index in [1.165, 1.54) is 5.56 Å². The second-order valence-electron chi connectivity index (χ2n) is 6.72. The number of fused-ring (bicyclic) bond motifs is 3. The first kappa shape index (κ1) is 20.7. The second-order valence-corrected chi connectivity index (χ2v) is 6.72. The minimum Gasteiger partial charge on any atom is -0.475 e. The van der Waals surface area contributed by atoms with Gasteiger partial charge in [0.2, 0.25) is 6.79 Å². The van der Waals surface area contributed by atoms with Crippen LogP contribution in [0.1, 0.15) is 18.4 Å². The maximum Gasteiger partial charge on any atom is 0.490 e. The summed E-state index contributed by atoms with van der Waals surface area (Å²) in [4.78, 5) is 11.4. The van der Waals surface area contributed by atoms with Gasteiger partial charge < -0.3 is 24.1 Å². The third-order valence-corrected chi connectivity index (χ3v) is 5.01. The minimum absolute atomic E-state index is 0.196. The molecule has 1 aliphatic carbocycles. The van der Waals surface area contributed by atoms with Crippen LogP contribution in [0.3, 0.4) is 0 Å². The molecular formula is C18H22F3NO6. The molecule has 2 fully saturated rings. The third-order valence-electron chi connectivity index (χ3n) is 5.01. The number of carboxylic acids is 1. The van der Waals surface area contributed by atoms with E-state index in [4.69, 9.17) is 28.8 Å². The highest BCUT2D eigenvalue weighted by atomic mass is 19.4. The molecule has 7 nitrogen and oxygen atoms in total. The summed E-state index contributed by atoms with van der Waals surface area (Å²) in [6, 6.07) is 6.65. The molecule has 1 saturated heterocycles. The Balaban J connectivity index is 0.000000279. The van der Waals surface area contributed by atoms with Crippen LogP contribution in [0.25, 0.3) is 0 Å². The van der Waals surface area contributed by atoms with Crippen molar-refractivity contribution in [2.45, 2.75) is 43.8 Å². The van der Waals surface area contributed by atoms with Gasteiger partial charge in [-0.15, -0.1) is 0 Å². The van der Waals surface area contributed by atoms with Gasteiger partial charge in [0.15, 0.2) is 11.5 Å². The van der Waals surface area contributed by atoms with Crippen molar-refractivity contribution in [1.29, 1.82) is 0 Å². The molecule has 3 aliphatic rings. The standard InChI is InChI=1S/C16H21NO4.C2HF3O2/c1-18-16-12-3-5-14(16)19-7-6-17(12)9-11-2-4-13-15(8-11)21-10-20-13;3-2(4,5)1(6)7/h2,4,8,12,14,16H,3,5-7,9-10H2,1H3;(H,6,7). The van der Waals surface area contributed by atoms with Crippen molar-refractivity contribution in [2.75, 3.05) is 27.1 Å². The van der Waals surface area contributed by atoms with Crippen LogP contribution in [0, 0.1) is 0 Å². The number of benzene rings is 1. The summed E-state index contributed by atoms with van der Waals surface area (Å²) in [6.07, 6.45) is -2.38. The Labute approximate surface area is 159 Å². The molecule has 0 amide bonds. The van der Waals surface area contributed by atoms with E-state index < -0.39 is 12.1 Å². The van der Waals surface area contributed by atoms with Gasteiger partial charge in [0.25, 0.3) is 0 Å². The van der Waals surface area contributed by atoms with Gasteiger partial charge >= 0.3 is 12.1 Å². The molecule has 2 aliphatic heterocycles. The quantitative estimate of drug-likeness (QED) is 0.828. The first-order valence-electron chi connectivity index (χ1n) is 8.86. The summed E-state index contributed by atoms with van der Waals surface area (Å²) >= 11 is 0. The van der Waals surface area contributed by atoms with Crippen LogP contribution in [-0.2, 0) is 20.8 Å². The number of rotatable bonds is 3. The highest BCUT2D eigenvalue weighted by molar-refractivity contribution is 5.73. The molecule has 1 aromatic rings. The fourth-order valence-electron chi connectivity index (χ4n) is 3.75. The van der Waals surface area contributed by atoms with E-state index in [0.717, 1.165) is 44.0 Å². The molecule has 156 valence electrons. The summed E-state index contributed by atoms with van der Waals surface area (Å²) in [5.41, 5.74) is 1.25. The first-order valence-corrected chi connectivity index (χ1v) is 8.86. The molecule has 1 aromatic carbocycles. The maximum atomic E-state index is 10.6. The smallest absolute Gasteiger partial charge is 0.475 e. The number of alkyl halides is 3. The zero-order valence-corrected chi connectivity index (χ0v) is 15.3. The predicted molar refractivity (Wildman–Crippen MR) is 90.2 cm³/mol. The lowest BCUT2D eigenvalue weighted by Gasteiger charge is -2.30. The van der Waals surface area contributed by atoms with E-state index in [1.807, 2.05) is 6.07 Å². The topological polar surface area (TPSA) is 77.5 Å². The molecule has 3 atom stereocenters. The number of carbonyl (C=O) groups is 1. The van der Waals surface area contributed by atoms with Crippen molar-refractivity contribution in [3.05, 3.63) is 23.8 Å². The Morgan fingerprint density at radius 2 is 2.00 bits per heavy atom. The van der Waals surface area contributed by atoms with Crippen LogP contribution in [0.5, 0.6) is 11.5 Å². The molecule has 28 heavy (non-hydrogen) atoms. The van der Waals surface area contributed by atoms with Crippen molar-refractivity contribution in [1.82, 2.24) is 4.90 Å². The average Bonchev–Trinajstić information content (AvgIpc) is 3.21. The minimum atomic E-state index is -5.08. The second kappa shape index (κ2) is 8.54. The maximum absolute atomic E-state index is 10.6. The van der Waals surface area contributed by atoms with Crippen LogP contribution >= 0.6 is 0 Å². The summed E-state index contributed by atoms with van der Waals surface area (Å²) in [7, 11) is 1.80. The van der Waals surface area contributed by atoms with Crippen LogP contribution < -0.4 is 9.47 Å². The zero-order chi connectivity index (χ0) is 20.3. The van der Waals surface area contributed by atoms with Crippen molar-refractivity contribution in [2.24, 2.45) is 0 Å². The van der Waals surface area contributed by atoms with Gasteiger partial charge in [0.05, 0.1) is 18.8 Å². The van der Waals surface area contributed by atoms with Gasteiger partial charge in [-0.2, -0.15) is 13.2 Å². The zero-order valence-electron chi connectivity index (χ0n) is 15.3. The average molecular weight is 405 g/mol. The van der Waals surface area contributed by atoms with Crippen LogP contribution in [0.2, 0.25) is 0 Å². The fraction of sp³-hybridized carbons (Fsp3) is 0.611. The third kappa shape index (κ3) is 4.68. The number of ether oxygens (including phenoxy) is 4. The molecule has 0 aromatic heterocycles. The number of aliphatic carboxylic acids is 1. The molecule has 0 spiro atoms. The Hall–Kier alpha value is -2.04. The van der Waals surface area contributed by atoms with Gasteiger partial charge in [0, 0.05) is 26.2 Å². The first-order chi connectivity index (χ1) is 13.3. The Kier molecular flexibility index (Phi) is 6.31. The number of nitrogens with zero attached hydrogens (tertiary/aromatic N) is 1. The number of methoxy groups -OCH3 is 1. The van der Waals surface area contributed by atoms with Crippen LogP contribution in [0.4, 0.5) is 13.2 Å².